The van der Waals surface area contributed by atoms with E-state index in [2.05, 4.69) is 273 Å². The van der Waals surface area contributed by atoms with E-state index in [4.69, 9.17) is 29.0 Å². The van der Waals surface area contributed by atoms with E-state index in [9.17, 15) is 0 Å². The number of hydrogen-bond acceptors (Lipinski definition) is 6. The van der Waals surface area contributed by atoms with E-state index >= 15 is 0 Å². The number of hydrogen-bond donors (Lipinski definition) is 0. The highest BCUT2D eigenvalue weighted by molar-refractivity contribution is 6.73. The van der Waals surface area contributed by atoms with Crippen LogP contribution in [0, 0.1) is 0 Å². The summed E-state index contributed by atoms with van der Waals surface area (Å²) in [6, 6.07) is 104. The van der Waals surface area contributed by atoms with Crippen LogP contribution in [-0.4, -0.2) is 42.1 Å². The summed E-state index contributed by atoms with van der Waals surface area (Å²) in [6.07, 6.45) is 1.65. The topological polar surface area (TPSA) is 64.8 Å². The Morgan fingerprint density at radius 3 is 0.641 bits per heavy atom. The van der Waals surface area contributed by atoms with Crippen LogP contribution in [0.15, 0.2) is 288 Å². The van der Waals surface area contributed by atoms with Crippen LogP contribution in [0.3, 0.4) is 0 Å². The standard InChI is InChI=1S/C69H69N3O3Si3/c1-10-28-58(29-11-1)49-76(50-59-30-12-2-13-31-59,51-60-32-14-3-15-33-60)73-70-67-46-47-68(71-74-77(52-61-34-16-4-17-35-61,53-62-36-18-5-19-37-62)54-63-38-20-6-21-39-63)69(48-67)72-75-78(55-64-40-22-7-23-41-64,56-65-42-24-8-25-43-65)57-66-44-26-9-27-45-66/h1-45H,46-57H2. The third-order valence-corrected chi connectivity index (χ3v) is 25.7. The number of oxime groups is 3. The first-order valence-corrected chi connectivity index (χ1v) is 35.1. The van der Waals surface area contributed by atoms with Crippen molar-refractivity contribution in [3.05, 3.63) is 323 Å². The Labute approximate surface area is 465 Å². The van der Waals surface area contributed by atoms with Crippen LogP contribution in [0.4, 0.5) is 0 Å². The summed E-state index contributed by atoms with van der Waals surface area (Å²) in [6.45, 7) is 0. The minimum absolute atomic E-state index is 0.422. The third-order valence-electron chi connectivity index (χ3n) is 14.7. The van der Waals surface area contributed by atoms with E-state index < -0.39 is 25.0 Å². The maximum absolute atomic E-state index is 7.48. The molecule has 10 rings (SSSR count). The largest absolute Gasteiger partial charge is 0.454 e. The molecule has 0 bridgehead atoms. The van der Waals surface area contributed by atoms with E-state index in [0.29, 0.717) is 19.3 Å². The molecule has 0 heterocycles. The van der Waals surface area contributed by atoms with E-state index in [-0.39, 0.29) is 0 Å². The molecule has 0 unspecified atom stereocenters. The highest BCUT2D eigenvalue weighted by atomic mass is 28.4. The molecule has 9 aromatic rings. The second kappa shape index (κ2) is 26.9. The second-order valence-electron chi connectivity index (χ2n) is 21.2. The fourth-order valence-corrected chi connectivity index (χ4v) is 22.5. The Morgan fingerprint density at radius 2 is 0.423 bits per heavy atom. The SMILES string of the molecule is c1ccc(C[Si](Cc2ccccc2)(Cc2ccccc2)ON=C2CCC(=NO[Si](Cc3ccccc3)(Cc3ccccc3)Cc3ccccc3)C(=NO[Si](Cc3ccccc3)(Cc3ccccc3)Cc3ccccc3)C2)cc1. The lowest BCUT2D eigenvalue weighted by Crippen LogP contribution is -2.47. The summed E-state index contributed by atoms with van der Waals surface area (Å²) in [5, 5.41) is 16.1. The van der Waals surface area contributed by atoms with Gasteiger partial charge in [0.15, 0.2) is 0 Å². The van der Waals surface area contributed by atoms with Crippen molar-refractivity contribution in [2.45, 2.75) is 73.7 Å². The highest BCUT2D eigenvalue weighted by Crippen LogP contribution is 2.30. The zero-order valence-electron chi connectivity index (χ0n) is 44.5. The Balaban J connectivity index is 1.08. The lowest BCUT2D eigenvalue weighted by molar-refractivity contribution is 0.308. The van der Waals surface area contributed by atoms with Crippen LogP contribution in [0.5, 0.6) is 0 Å². The first kappa shape index (κ1) is 53.4. The molecule has 0 radical (unpaired) electrons. The highest BCUT2D eigenvalue weighted by Gasteiger charge is 2.43. The predicted molar refractivity (Wildman–Crippen MR) is 328 cm³/mol. The molecule has 1 fully saturated rings. The quantitative estimate of drug-likeness (QED) is 0.0447. The van der Waals surface area contributed by atoms with Crippen molar-refractivity contribution in [2.75, 3.05) is 0 Å². The molecule has 78 heavy (non-hydrogen) atoms. The number of rotatable bonds is 24. The van der Waals surface area contributed by atoms with Crippen LogP contribution in [0.2, 0.25) is 0 Å². The third kappa shape index (κ3) is 15.6. The average Bonchev–Trinajstić information content (AvgIpc) is 3.54. The first-order valence-electron chi connectivity index (χ1n) is 27.6. The normalized spacial score (nSPS) is 14.5. The monoisotopic (exact) mass is 1070 g/mol. The minimum Gasteiger partial charge on any atom is -0.454 e. The molecule has 9 aromatic carbocycles. The van der Waals surface area contributed by atoms with Crippen molar-refractivity contribution in [1.82, 2.24) is 0 Å². The molecule has 0 atom stereocenters. The molecule has 0 aromatic heterocycles. The molecule has 0 spiro atoms. The minimum atomic E-state index is -2.88. The zero-order chi connectivity index (χ0) is 53.0. The van der Waals surface area contributed by atoms with Gasteiger partial charge >= 0.3 is 0 Å². The molecule has 0 amide bonds. The lowest BCUT2D eigenvalue weighted by atomic mass is 9.95. The van der Waals surface area contributed by atoms with Crippen LogP contribution < -0.4 is 0 Å². The molecule has 0 saturated heterocycles. The van der Waals surface area contributed by atoms with Gasteiger partial charge in [-0.05, 0) is 56.5 Å². The van der Waals surface area contributed by atoms with Crippen LogP contribution in [0.25, 0.3) is 0 Å². The predicted octanol–water partition coefficient (Wildman–Crippen LogP) is 15.2. The molecule has 1 saturated carbocycles. The van der Waals surface area contributed by atoms with Gasteiger partial charge in [-0.25, -0.2) is 0 Å². The summed E-state index contributed by atoms with van der Waals surface area (Å²) < 4.78 is 22.2. The van der Waals surface area contributed by atoms with Crippen molar-refractivity contribution in [3.8, 4) is 0 Å². The van der Waals surface area contributed by atoms with E-state index in [1.807, 2.05) is 0 Å². The van der Waals surface area contributed by atoms with Crippen molar-refractivity contribution < 1.29 is 13.6 Å². The molecule has 6 nitrogen and oxygen atoms in total. The Kier molecular flexibility index (Phi) is 18.4. The summed E-state index contributed by atoms with van der Waals surface area (Å²) in [4.78, 5) is 0. The Hall–Kier alpha value is -7.96. The summed E-state index contributed by atoms with van der Waals surface area (Å²) in [5.41, 5.74) is 13.7. The molecule has 9 heteroatoms. The second-order valence-corrected chi connectivity index (χ2v) is 32.0. The molecular weight excluding hydrogens is 1000 g/mol. The van der Waals surface area contributed by atoms with Crippen LogP contribution >= 0.6 is 0 Å². The fraction of sp³-hybridized carbons (Fsp3) is 0.174. The Morgan fingerprint density at radius 1 is 0.231 bits per heavy atom. The van der Waals surface area contributed by atoms with Gasteiger partial charge in [0.1, 0.15) is 11.4 Å². The Bertz CT molecular complexity index is 3000. The van der Waals surface area contributed by atoms with Gasteiger partial charge in [0.25, 0.3) is 25.0 Å². The van der Waals surface area contributed by atoms with E-state index in [1.165, 1.54) is 50.1 Å². The van der Waals surface area contributed by atoms with Crippen molar-refractivity contribution in [1.29, 1.82) is 0 Å². The smallest absolute Gasteiger partial charge is 0.300 e. The van der Waals surface area contributed by atoms with Crippen LogP contribution in [-0.2, 0) is 68.0 Å². The fourth-order valence-electron chi connectivity index (χ4n) is 11.1. The molecule has 0 aliphatic heterocycles. The molecule has 1 aliphatic carbocycles. The maximum atomic E-state index is 7.48. The van der Waals surface area contributed by atoms with Crippen molar-refractivity contribution in [2.24, 2.45) is 15.5 Å². The van der Waals surface area contributed by atoms with E-state index in [1.54, 1.807) is 0 Å². The number of benzene rings is 9. The number of nitrogens with zero attached hydrogens (tertiary/aromatic N) is 3. The molecular formula is C69H69N3O3Si3. The molecule has 1 aliphatic rings. The van der Waals surface area contributed by atoms with Gasteiger partial charge in [-0.2, -0.15) is 0 Å². The van der Waals surface area contributed by atoms with Crippen LogP contribution in [0.1, 0.15) is 69.3 Å². The molecule has 0 N–H and O–H groups in total. The molecule has 390 valence electrons. The van der Waals surface area contributed by atoms with Crippen molar-refractivity contribution >= 4 is 42.1 Å². The first-order chi connectivity index (χ1) is 38.5. The van der Waals surface area contributed by atoms with Gasteiger partial charge in [0.2, 0.25) is 0 Å². The average molecular weight is 1070 g/mol. The van der Waals surface area contributed by atoms with Crippen molar-refractivity contribution in [3.63, 3.8) is 0 Å². The van der Waals surface area contributed by atoms with E-state index in [0.717, 1.165) is 71.5 Å². The van der Waals surface area contributed by atoms with Gasteiger partial charge in [-0.1, -0.05) is 273 Å². The zero-order valence-corrected chi connectivity index (χ0v) is 47.5. The van der Waals surface area contributed by atoms with Gasteiger partial charge in [0.05, 0.1) is 5.71 Å². The summed E-state index contributed by atoms with van der Waals surface area (Å²) in [7, 11) is -8.49. The van der Waals surface area contributed by atoms with Gasteiger partial charge in [-0.3, -0.25) is 0 Å². The van der Waals surface area contributed by atoms with Gasteiger partial charge < -0.3 is 13.6 Å². The maximum Gasteiger partial charge on any atom is 0.300 e. The van der Waals surface area contributed by atoms with Gasteiger partial charge in [-0.15, -0.1) is 15.5 Å². The summed E-state index contributed by atoms with van der Waals surface area (Å²) in [5.74, 6) is 0. The van der Waals surface area contributed by atoms with Gasteiger partial charge in [0, 0.05) is 67.2 Å². The summed E-state index contributed by atoms with van der Waals surface area (Å²) >= 11 is 0. The lowest BCUT2D eigenvalue weighted by Gasteiger charge is -2.32.